The Morgan fingerprint density at radius 2 is 1.65 bits per heavy atom. The molecular weight excluding hydrogens is 314 g/mol. The van der Waals surface area contributed by atoms with Gasteiger partial charge in [-0.25, -0.2) is 8.42 Å². The summed E-state index contributed by atoms with van der Waals surface area (Å²) < 4.78 is 26.1. The average Bonchev–Trinajstić information content (AvgIpc) is 2.55. The van der Waals surface area contributed by atoms with Crippen molar-refractivity contribution in [1.82, 2.24) is 4.31 Å². The molecular formula is C17H19NO4S. The van der Waals surface area contributed by atoms with E-state index in [1.165, 1.54) is 38.2 Å². The Hall–Kier alpha value is -2.02. The molecule has 0 spiro atoms. The summed E-state index contributed by atoms with van der Waals surface area (Å²) in [5, 5.41) is 10.2. The van der Waals surface area contributed by atoms with Crippen LogP contribution in [0.1, 0.15) is 28.9 Å². The molecule has 0 bridgehead atoms. The molecule has 2 aromatic rings. The molecule has 122 valence electrons. The number of carbonyl (C=O) groups excluding carboxylic acids is 1. The van der Waals surface area contributed by atoms with Gasteiger partial charge in [0.15, 0.2) is 5.78 Å². The third-order valence-electron chi connectivity index (χ3n) is 3.58. The van der Waals surface area contributed by atoms with Crippen molar-refractivity contribution >= 4 is 15.8 Å². The summed E-state index contributed by atoms with van der Waals surface area (Å²) in [7, 11) is -2.31. The van der Waals surface area contributed by atoms with Gasteiger partial charge in [0.25, 0.3) is 0 Å². The summed E-state index contributed by atoms with van der Waals surface area (Å²) >= 11 is 0. The first-order valence-electron chi connectivity index (χ1n) is 7.12. The molecule has 5 nitrogen and oxygen atoms in total. The summed E-state index contributed by atoms with van der Waals surface area (Å²) in [4.78, 5) is 11.3. The van der Waals surface area contributed by atoms with Crippen molar-refractivity contribution in [2.75, 3.05) is 13.6 Å². The number of ketones is 1. The Morgan fingerprint density at radius 3 is 2.17 bits per heavy atom. The summed E-state index contributed by atoms with van der Waals surface area (Å²) in [6.07, 6.45) is -0.910. The smallest absolute Gasteiger partial charge is 0.242 e. The minimum absolute atomic E-state index is 0.0548. The quantitative estimate of drug-likeness (QED) is 0.823. The van der Waals surface area contributed by atoms with Crippen LogP contribution in [-0.4, -0.2) is 37.2 Å². The highest BCUT2D eigenvalue weighted by atomic mass is 32.2. The number of carbonyl (C=O) groups is 1. The van der Waals surface area contributed by atoms with E-state index in [4.69, 9.17) is 0 Å². The molecule has 0 aliphatic heterocycles. The number of sulfonamides is 1. The number of hydrogen-bond donors (Lipinski definition) is 1. The minimum atomic E-state index is -3.72. The topological polar surface area (TPSA) is 74.7 Å². The van der Waals surface area contributed by atoms with Gasteiger partial charge in [0, 0.05) is 19.2 Å². The molecule has 2 rings (SSSR count). The van der Waals surface area contributed by atoms with Crippen molar-refractivity contribution in [2.45, 2.75) is 17.9 Å². The zero-order chi connectivity index (χ0) is 17.0. The number of Topliss-reactive ketones (excluding diaryl/α,β-unsaturated/α-hetero) is 1. The number of aliphatic hydroxyl groups is 1. The Labute approximate surface area is 136 Å². The fourth-order valence-corrected chi connectivity index (χ4v) is 3.34. The molecule has 0 aliphatic carbocycles. The molecule has 0 fully saturated rings. The zero-order valence-corrected chi connectivity index (χ0v) is 13.8. The van der Waals surface area contributed by atoms with Crippen LogP contribution < -0.4 is 0 Å². The molecule has 0 amide bonds. The monoisotopic (exact) mass is 333 g/mol. The van der Waals surface area contributed by atoms with E-state index in [-0.39, 0.29) is 17.2 Å². The third-order valence-corrected chi connectivity index (χ3v) is 5.42. The predicted octanol–water partition coefficient (Wildman–Crippen LogP) is 2.24. The van der Waals surface area contributed by atoms with Crippen LogP contribution in [0.5, 0.6) is 0 Å². The normalized spacial score (nSPS) is 13.0. The number of likely N-dealkylation sites (N-methyl/N-ethyl adjacent to an activating group) is 1. The van der Waals surface area contributed by atoms with E-state index >= 15 is 0 Å². The number of nitrogens with zero attached hydrogens (tertiary/aromatic N) is 1. The first-order valence-corrected chi connectivity index (χ1v) is 8.56. The molecule has 2 aromatic carbocycles. The number of aliphatic hydroxyl groups excluding tert-OH is 1. The lowest BCUT2D eigenvalue weighted by molar-refractivity contribution is 0.101. The van der Waals surface area contributed by atoms with Crippen LogP contribution in [0.2, 0.25) is 0 Å². The van der Waals surface area contributed by atoms with Crippen LogP contribution in [0.3, 0.4) is 0 Å². The summed E-state index contributed by atoms with van der Waals surface area (Å²) in [5.74, 6) is -0.123. The lowest BCUT2D eigenvalue weighted by atomic mass is 10.1. The largest absolute Gasteiger partial charge is 0.387 e. The SMILES string of the molecule is CC(=O)c1ccc(S(=O)(=O)N(C)CC(O)c2ccccc2)cc1. The lowest BCUT2D eigenvalue weighted by Crippen LogP contribution is -2.31. The fraction of sp³-hybridized carbons (Fsp3) is 0.235. The minimum Gasteiger partial charge on any atom is -0.387 e. The van der Waals surface area contributed by atoms with Crippen molar-refractivity contribution in [3.8, 4) is 0 Å². The fourth-order valence-electron chi connectivity index (χ4n) is 2.16. The molecule has 1 N–H and O–H groups in total. The molecule has 0 saturated heterocycles. The Bertz CT molecular complexity index is 770. The maximum atomic E-state index is 12.5. The van der Waals surface area contributed by atoms with E-state index in [0.29, 0.717) is 11.1 Å². The predicted molar refractivity (Wildman–Crippen MR) is 87.7 cm³/mol. The highest BCUT2D eigenvalue weighted by molar-refractivity contribution is 7.89. The highest BCUT2D eigenvalue weighted by Gasteiger charge is 2.23. The second-order valence-corrected chi connectivity index (χ2v) is 7.34. The first-order chi connectivity index (χ1) is 10.8. The third kappa shape index (κ3) is 4.04. The van der Waals surface area contributed by atoms with E-state index in [1.807, 2.05) is 6.07 Å². The summed E-state index contributed by atoms with van der Waals surface area (Å²) in [6, 6.07) is 14.6. The molecule has 0 heterocycles. The van der Waals surface area contributed by atoms with Gasteiger partial charge in [0.2, 0.25) is 10.0 Å². The lowest BCUT2D eigenvalue weighted by Gasteiger charge is -2.21. The van der Waals surface area contributed by atoms with E-state index in [0.717, 1.165) is 4.31 Å². The van der Waals surface area contributed by atoms with Crippen molar-refractivity contribution in [1.29, 1.82) is 0 Å². The molecule has 0 aromatic heterocycles. The number of benzene rings is 2. The number of hydrogen-bond acceptors (Lipinski definition) is 4. The van der Waals surface area contributed by atoms with Crippen LogP contribution in [0, 0.1) is 0 Å². The van der Waals surface area contributed by atoms with Crippen LogP contribution in [0.15, 0.2) is 59.5 Å². The summed E-state index contributed by atoms with van der Waals surface area (Å²) in [5.41, 5.74) is 1.11. The molecule has 0 aliphatic rings. The summed E-state index contributed by atoms with van der Waals surface area (Å²) in [6.45, 7) is 1.37. The van der Waals surface area contributed by atoms with E-state index in [1.54, 1.807) is 24.3 Å². The Kier molecular flexibility index (Phi) is 5.30. The number of rotatable bonds is 6. The van der Waals surface area contributed by atoms with Gasteiger partial charge in [-0.2, -0.15) is 4.31 Å². The maximum Gasteiger partial charge on any atom is 0.242 e. The van der Waals surface area contributed by atoms with Crippen molar-refractivity contribution in [3.63, 3.8) is 0 Å². The van der Waals surface area contributed by atoms with Gasteiger partial charge in [-0.15, -0.1) is 0 Å². The van der Waals surface area contributed by atoms with Gasteiger partial charge in [-0.3, -0.25) is 4.79 Å². The second kappa shape index (κ2) is 7.04. The molecule has 0 radical (unpaired) electrons. The average molecular weight is 333 g/mol. The van der Waals surface area contributed by atoms with E-state index in [2.05, 4.69) is 0 Å². The van der Waals surface area contributed by atoms with E-state index < -0.39 is 16.1 Å². The molecule has 1 unspecified atom stereocenters. The van der Waals surface area contributed by atoms with Crippen LogP contribution in [0.25, 0.3) is 0 Å². The van der Waals surface area contributed by atoms with E-state index in [9.17, 15) is 18.3 Å². The van der Waals surface area contributed by atoms with Gasteiger partial charge in [-0.05, 0) is 24.6 Å². The Balaban J connectivity index is 2.16. The van der Waals surface area contributed by atoms with Gasteiger partial charge >= 0.3 is 0 Å². The van der Waals surface area contributed by atoms with Gasteiger partial charge in [-0.1, -0.05) is 42.5 Å². The van der Waals surface area contributed by atoms with Crippen molar-refractivity contribution < 1.29 is 18.3 Å². The van der Waals surface area contributed by atoms with Crippen LogP contribution in [0.4, 0.5) is 0 Å². The van der Waals surface area contributed by atoms with Crippen LogP contribution >= 0.6 is 0 Å². The standard InChI is InChI=1S/C17H19NO4S/c1-13(19)14-8-10-16(11-9-14)23(21,22)18(2)12-17(20)15-6-4-3-5-7-15/h3-11,17,20H,12H2,1-2H3. The Morgan fingerprint density at radius 1 is 1.09 bits per heavy atom. The second-order valence-electron chi connectivity index (χ2n) is 5.29. The van der Waals surface area contributed by atoms with Gasteiger partial charge < -0.3 is 5.11 Å². The molecule has 1 atom stereocenters. The maximum absolute atomic E-state index is 12.5. The van der Waals surface area contributed by atoms with Gasteiger partial charge in [0.05, 0.1) is 11.0 Å². The highest BCUT2D eigenvalue weighted by Crippen LogP contribution is 2.19. The van der Waals surface area contributed by atoms with Crippen LogP contribution in [-0.2, 0) is 10.0 Å². The molecule has 0 saturated carbocycles. The first kappa shape index (κ1) is 17.3. The van der Waals surface area contributed by atoms with Crippen molar-refractivity contribution in [3.05, 3.63) is 65.7 Å². The zero-order valence-electron chi connectivity index (χ0n) is 13.0. The molecule has 23 heavy (non-hydrogen) atoms. The molecule has 6 heteroatoms. The van der Waals surface area contributed by atoms with Crippen molar-refractivity contribution in [2.24, 2.45) is 0 Å². The van der Waals surface area contributed by atoms with Gasteiger partial charge in [0.1, 0.15) is 0 Å².